The average Bonchev–Trinajstić information content (AvgIpc) is 2.13. The summed E-state index contributed by atoms with van der Waals surface area (Å²) in [5.41, 5.74) is 2.28. The molecule has 2 heteroatoms. The molecule has 1 heterocycles. The largest absolute Gasteiger partial charge is 0.272 e. The van der Waals surface area contributed by atoms with Gasteiger partial charge in [-0.1, -0.05) is 6.08 Å². The van der Waals surface area contributed by atoms with E-state index in [0.717, 1.165) is 12.1 Å². The Hall–Kier alpha value is -1.05. The van der Waals surface area contributed by atoms with Crippen LogP contribution in [-0.4, -0.2) is 9.78 Å². The third-order valence-electron chi connectivity index (χ3n) is 1.45. The number of aryl methyl sites for hydroxylation is 2. The molecule has 0 amide bonds. The van der Waals surface area contributed by atoms with Crippen LogP contribution in [-0.2, 0) is 13.5 Å². The first-order valence-corrected chi connectivity index (χ1v) is 3.34. The second-order valence-electron chi connectivity index (χ2n) is 2.39. The van der Waals surface area contributed by atoms with Crippen LogP contribution in [0.2, 0.25) is 0 Å². The SMILES string of the molecule is C=CCc1cc(C)nn1C. The van der Waals surface area contributed by atoms with Crippen LogP contribution in [0.3, 0.4) is 0 Å². The molecular formula is C8H12N2. The van der Waals surface area contributed by atoms with Crippen LogP contribution in [0.4, 0.5) is 0 Å². The van der Waals surface area contributed by atoms with Gasteiger partial charge in [-0.05, 0) is 13.0 Å². The summed E-state index contributed by atoms with van der Waals surface area (Å²) in [6.07, 6.45) is 2.79. The Labute approximate surface area is 61.2 Å². The van der Waals surface area contributed by atoms with Crippen LogP contribution in [0.1, 0.15) is 11.4 Å². The van der Waals surface area contributed by atoms with E-state index in [9.17, 15) is 0 Å². The molecule has 0 N–H and O–H groups in total. The van der Waals surface area contributed by atoms with Gasteiger partial charge in [-0.2, -0.15) is 5.10 Å². The lowest BCUT2D eigenvalue weighted by Gasteiger charge is -1.93. The molecule has 0 aliphatic carbocycles. The molecule has 0 atom stereocenters. The third-order valence-corrected chi connectivity index (χ3v) is 1.45. The molecule has 2 nitrogen and oxygen atoms in total. The maximum Gasteiger partial charge on any atom is 0.0596 e. The molecule has 0 aliphatic rings. The number of aromatic nitrogens is 2. The zero-order valence-electron chi connectivity index (χ0n) is 6.46. The summed E-state index contributed by atoms with van der Waals surface area (Å²) >= 11 is 0. The van der Waals surface area contributed by atoms with Crippen molar-refractivity contribution in [1.29, 1.82) is 0 Å². The van der Waals surface area contributed by atoms with Gasteiger partial charge >= 0.3 is 0 Å². The fourth-order valence-corrected chi connectivity index (χ4v) is 1.00. The molecule has 54 valence electrons. The van der Waals surface area contributed by atoms with Gasteiger partial charge in [0.25, 0.3) is 0 Å². The van der Waals surface area contributed by atoms with Gasteiger partial charge in [-0.25, -0.2) is 0 Å². The summed E-state index contributed by atoms with van der Waals surface area (Å²) < 4.78 is 1.89. The van der Waals surface area contributed by atoms with Gasteiger partial charge in [0.05, 0.1) is 5.69 Å². The van der Waals surface area contributed by atoms with Crippen LogP contribution in [0, 0.1) is 6.92 Å². The highest BCUT2D eigenvalue weighted by Crippen LogP contribution is 2.01. The smallest absolute Gasteiger partial charge is 0.0596 e. The first kappa shape index (κ1) is 7.06. The normalized spacial score (nSPS) is 9.80. The van der Waals surface area contributed by atoms with Crippen molar-refractivity contribution in [2.24, 2.45) is 7.05 Å². The van der Waals surface area contributed by atoms with E-state index in [1.165, 1.54) is 5.69 Å². The Balaban J connectivity index is 2.91. The van der Waals surface area contributed by atoms with Crippen molar-refractivity contribution in [2.75, 3.05) is 0 Å². The molecule has 1 aromatic rings. The Kier molecular flexibility index (Phi) is 1.90. The van der Waals surface area contributed by atoms with Crippen molar-refractivity contribution in [1.82, 2.24) is 9.78 Å². The van der Waals surface area contributed by atoms with Crippen molar-refractivity contribution in [3.8, 4) is 0 Å². The quantitative estimate of drug-likeness (QED) is 0.563. The minimum Gasteiger partial charge on any atom is -0.272 e. The van der Waals surface area contributed by atoms with Crippen LogP contribution in [0.15, 0.2) is 18.7 Å². The number of rotatable bonds is 2. The summed E-state index contributed by atoms with van der Waals surface area (Å²) in [6, 6.07) is 2.07. The predicted molar refractivity (Wildman–Crippen MR) is 41.8 cm³/mol. The molecule has 0 bridgehead atoms. The topological polar surface area (TPSA) is 17.8 Å². The van der Waals surface area contributed by atoms with E-state index in [0.29, 0.717) is 0 Å². The molecule has 1 aromatic heterocycles. The Morgan fingerprint density at radius 3 is 2.90 bits per heavy atom. The summed E-state index contributed by atoms with van der Waals surface area (Å²) in [5, 5.41) is 4.20. The highest BCUT2D eigenvalue weighted by molar-refractivity contribution is 5.10. The van der Waals surface area contributed by atoms with Gasteiger partial charge in [-0.15, -0.1) is 6.58 Å². The van der Waals surface area contributed by atoms with Crippen molar-refractivity contribution in [2.45, 2.75) is 13.3 Å². The van der Waals surface area contributed by atoms with Crippen molar-refractivity contribution >= 4 is 0 Å². The monoisotopic (exact) mass is 136 g/mol. The fraction of sp³-hybridized carbons (Fsp3) is 0.375. The zero-order valence-corrected chi connectivity index (χ0v) is 6.46. The zero-order chi connectivity index (χ0) is 7.56. The van der Waals surface area contributed by atoms with Gasteiger partial charge in [-0.3, -0.25) is 4.68 Å². The second kappa shape index (κ2) is 2.69. The van der Waals surface area contributed by atoms with E-state index in [1.807, 2.05) is 24.7 Å². The maximum atomic E-state index is 4.20. The first-order chi connectivity index (χ1) is 4.74. The average molecular weight is 136 g/mol. The van der Waals surface area contributed by atoms with E-state index in [2.05, 4.69) is 17.7 Å². The Morgan fingerprint density at radius 2 is 2.50 bits per heavy atom. The van der Waals surface area contributed by atoms with E-state index in [-0.39, 0.29) is 0 Å². The molecule has 0 aliphatic heterocycles. The third kappa shape index (κ3) is 1.26. The van der Waals surface area contributed by atoms with Crippen LogP contribution in [0.5, 0.6) is 0 Å². The summed E-state index contributed by atoms with van der Waals surface area (Å²) in [7, 11) is 1.95. The number of hydrogen-bond donors (Lipinski definition) is 0. The lowest BCUT2D eigenvalue weighted by molar-refractivity contribution is 0.720. The standard InChI is InChI=1S/C8H12N2/c1-4-5-8-6-7(2)9-10(8)3/h4,6H,1,5H2,2-3H3. The molecule has 0 aromatic carbocycles. The molecule has 0 spiro atoms. The molecular weight excluding hydrogens is 124 g/mol. The summed E-state index contributed by atoms with van der Waals surface area (Å²) in [4.78, 5) is 0. The van der Waals surface area contributed by atoms with Gasteiger partial charge in [0.15, 0.2) is 0 Å². The summed E-state index contributed by atoms with van der Waals surface area (Å²) in [5.74, 6) is 0. The molecule has 1 rings (SSSR count). The van der Waals surface area contributed by atoms with Gasteiger partial charge in [0.2, 0.25) is 0 Å². The number of nitrogens with zero attached hydrogens (tertiary/aromatic N) is 2. The highest BCUT2D eigenvalue weighted by atomic mass is 15.3. The minimum absolute atomic E-state index is 0.900. The Morgan fingerprint density at radius 1 is 1.80 bits per heavy atom. The fourth-order valence-electron chi connectivity index (χ4n) is 1.00. The van der Waals surface area contributed by atoms with Crippen LogP contribution >= 0.6 is 0 Å². The van der Waals surface area contributed by atoms with Crippen molar-refractivity contribution in [3.05, 3.63) is 30.1 Å². The lowest BCUT2D eigenvalue weighted by Crippen LogP contribution is -1.95. The van der Waals surface area contributed by atoms with Crippen LogP contribution < -0.4 is 0 Å². The molecule has 0 saturated heterocycles. The molecule has 0 saturated carbocycles. The molecule has 0 fully saturated rings. The van der Waals surface area contributed by atoms with Crippen molar-refractivity contribution < 1.29 is 0 Å². The number of hydrogen-bond acceptors (Lipinski definition) is 1. The van der Waals surface area contributed by atoms with Gasteiger partial charge in [0.1, 0.15) is 0 Å². The van der Waals surface area contributed by atoms with Gasteiger partial charge in [0, 0.05) is 19.2 Å². The first-order valence-electron chi connectivity index (χ1n) is 3.34. The highest BCUT2D eigenvalue weighted by Gasteiger charge is 1.97. The van der Waals surface area contributed by atoms with E-state index in [1.54, 1.807) is 0 Å². The molecule has 0 radical (unpaired) electrons. The van der Waals surface area contributed by atoms with E-state index >= 15 is 0 Å². The van der Waals surface area contributed by atoms with E-state index < -0.39 is 0 Å². The lowest BCUT2D eigenvalue weighted by atomic mass is 10.3. The van der Waals surface area contributed by atoms with Crippen molar-refractivity contribution in [3.63, 3.8) is 0 Å². The van der Waals surface area contributed by atoms with Gasteiger partial charge < -0.3 is 0 Å². The Bertz CT molecular complexity index is 235. The summed E-state index contributed by atoms with van der Waals surface area (Å²) in [6.45, 7) is 5.66. The molecule has 0 unspecified atom stereocenters. The second-order valence-corrected chi connectivity index (χ2v) is 2.39. The predicted octanol–water partition coefficient (Wildman–Crippen LogP) is 1.46. The molecule has 10 heavy (non-hydrogen) atoms. The number of allylic oxidation sites excluding steroid dienone is 1. The maximum absolute atomic E-state index is 4.20. The van der Waals surface area contributed by atoms with E-state index in [4.69, 9.17) is 0 Å². The minimum atomic E-state index is 0.900. The van der Waals surface area contributed by atoms with Crippen LogP contribution in [0.25, 0.3) is 0 Å².